The Kier molecular flexibility index (Phi) is 3.29. The van der Waals surface area contributed by atoms with Crippen LogP contribution in [0, 0.1) is 11.3 Å². The predicted molar refractivity (Wildman–Crippen MR) is 77.8 cm³/mol. The number of carboxylic acid groups (broad SMARTS) is 1. The summed E-state index contributed by atoms with van der Waals surface area (Å²) >= 11 is 1.45. The molecule has 1 aliphatic rings. The van der Waals surface area contributed by atoms with Crippen molar-refractivity contribution >= 4 is 17.3 Å². The van der Waals surface area contributed by atoms with E-state index in [0.29, 0.717) is 0 Å². The molecule has 1 aliphatic carbocycles. The molecule has 1 atom stereocenters. The quantitative estimate of drug-likeness (QED) is 0.932. The van der Waals surface area contributed by atoms with Crippen LogP contribution >= 0.6 is 11.3 Å². The lowest BCUT2D eigenvalue weighted by molar-refractivity contribution is -0.137. The monoisotopic (exact) mass is 283 g/mol. The Balaban J connectivity index is 1.96. The Labute approximate surface area is 121 Å². The van der Waals surface area contributed by atoms with E-state index < -0.39 is 5.97 Å². The number of benzene rings is 1. The van der Waals surface area contributed by atoms with Gasteiger partial charge in [0.25, 0.3) is 0 Å². The largest absolute Gasteiger partial charge is 0.481 e. The molecule has 0 radical (unpaired) electrons. The molecular weight excluding hydrogens is 270 g/mol. The van der Waals surface area contributed by atoms with E-state index in [0.717, 1.165) is 34.4 Å². The SMILES string of the molecule is N#Cc1sccc1-c1ccc2c(c1)CCC2CC(=O)O. The molecule has 4 heteroatoms. The lowest BCUT2D eigenvalue weighted by Crippen LogP contribution is -2.02. The normalized spacial score (nSPS) is 16.6. The maximum Gasteiger partial charge on any atom is 0.303 e. The van der Waals surface area contributed by atoms with Crippen LogP contribution in [0.2, 0.25) is 0 Å². The molecule has 3 rings (SSSR count). The molecule has 0 aliphatic heterocycles. The standard InChI is InChI=1S/C16H13NO2S/c17-9-15-14(5-6-20-15)11-3-4-13-10(7-11)1-2-12(13)8-16(18)19/h3-7,12H,1-2,8H2,(H,18,19). The van der Waals surface area contributed by atoms with Crippen molar-refractivity contribution in [2.45, 2.75) is 25.2 Å². The van der Waals surface area contributed by atoms with E-state index in [9.17, 15) is 4.79 Å². The Bertz CT molecular complexity index is 712. The summed E-state index contributed by atoms with van der Waals surface area (Å²) < 4.78 is 0. The number of aryl methyl sites for hydroxylation is 1. The smallest absolute Gasteiger partial charge is 0.303 e. The van der Waals surface area contributed by atoms with E-state index in [-0.39, 0.29) is 12.3 Å². The van der Waals surface area contributed by atoms with Gasteiger partial charge in [-0.15, -0.1) is 11.3 Å². The van der Waals surface area contributed by atoms with Crippen molar-refractivity contribution in [3.63, 3.8) is 0 Å². The first kappa shape index (κ1) is 12.9. The van der Waals surface area contributed by atoms with Gasteiger partial charge in [0, 0.05) is 5.56 Å². The van der Waals surface area contributed by atoms with Crippen molar-refractivity contribution < 1.29 is 9.90 Å². The first-order valence-electron chi connectivity index (χ1n) is 6.51. The second-order valence-corrected chi connectivity index (χ2v) is 5.94. The van der Waals surface area contributed by atoms with Gasteiger partial charge in [-0.25, -0.2) is 0 Å². The lowest BCUT2D eigenvalue weighted by atomic mass is 9.95. The van der Waals surface area contributed by atoms with Crippen LogP contribution in [0.15, 0.2) is 29.6 Å². The van der Waals surface area contributed by atoms with E-state index in [1.165, 1.54) is 16.9 Å². The van der Waals surface area contributed by atoms with Crippen molar-refractivity contribution in [2.75, 3.05) is 0 Å². The van der Waals surface area contributed by atoms with Crippen LogP contribution < -0.4 is 0 Å². The minimum absolute atomic E-state index is 0.134. The fourth-order valence-electron chi connectivity index (χ4n) is 2.92. The van der Waals surface area contributed by atoms with Crippen LogP contribution in [0.4, 0.5) is 0 Å². The number of nitriles is 1. The number of carbonyl (C=O) groups is 1. The molecule has 1 aromatic carbocycles. The fourth-order valence-corrected chi connectivity index (χ4v) is 3.63. The number of aliphatic carboxylic acids is 1. The first-order chi connectivity index (χ1) is 9.69. The van der Waals surface area contributed by atoms with Gasteiger partial charge in [-0.3, -0.25) is 4.79 Å². The molecule has 0 bridgehead atoms. The van der Waals surface area contributed by atoms with Crippen LogP contribution in [0.25, 0.3) is 11.1 Å². The van der Waals surface area contributed by atoms with Crippen molar-refractivity contribution in [1.82, 2.24) is 0 Å². The highest BCUT2D eigenvalue weighted by Gasteiger charge is 2.25. The third-order valence-corrected chi connectivity index (χ3v) is 4.66. The van der Waals surface area contributed by atoms with Crippen LogP contribution in [0.5, 0.6) is 0 Å². The maximum atomic E-state index is 10.9. The number of hydrogen-bond acceptors (Lipinski definition) is 3. The number of nitrogens with zero attached hydrogens (tertiary/aromatic N) is 1. The molecule has 0 fully saturated rings. The predicted octanol–water partition coefficient (Wildman–Crippen LogP) is 3.79. The average molecular weight is 283 g/mol. The minimum atomic E-state index is -0.739. The Hall–Kier alpha value is -2.12. The highest BCUT2D eigenvalue weighted by Crippen LogP contribution is 2.38. The molecule has 0 spiro atoms. The van der Waals surface area contributed by atoms with Gasteiger partial charge in [-0.2, -0.15) is 5.26 Å². The average Bonchev–Trinajstić information content (AvgIpc) is 3.04. The Morgan fingerprint density at radius 1 is 1.45 bits per heavy atom. The highest BCUT2D eigenvalue weighted by molar-refractivity contribution is 7.11. The number of hydrogen-bond donors (Lipinski definition) is 1. The third kappa shape index (κ3) is 2.21. The summed E-state index contributed by atoms with van der Waals surface area (Å²) in [5.74, 6) is -0.606. The summed E-state index contributed by atoms with van der Waals surface area (Å²) in [4.78, 5) is 11.6. The molecule has 1 aromatic heterocycles. The molecule has 20 heavy (non-hydrogen) atoms. The minimum Gasteiger partial charge on any atom is -0.481 e. The maximum absolute atomic E-state index is 10.9. The van der Waals surface area contributed by atoms with Crippen LogP contribution in [0.1, 0.15) is 34.8 Å². The van der Waals surface area contributed by atoms with Crippen LogP contribution in [-0.4, -0.2) is 11.1 Å². The zero-order valence-corrected chi connectivity index (χ0v) is 11.6. The summed E-state index contributed by atoms with van der Waals surface area (Å²) in [6, 6.07) is 10.3. The molecule has 1 N–H and O–H groups in total. The number of fused-ring (bicyclic) bond motifs is 1. The molecule has 1 unspecified atom stereocenters. The van der Waals surface area contributed by atoms with Gasteiger partial charge in [0.2, 0.25) is 0 Å². The van der Waals surface area contributed by atoms with E-state index in [4.69, 9.17) is 10.4 Å². The molecule has 0 amide bonds. The van der Waals surface area contributed by atoms with Gasteiger partial charge in [-0.1, -0.05) is 18.2 Å². The number of rotatable bonds is 3. The summed E-state index contributed by atoms with van der Waals surface area (Å²) in [5, 5.41) is 20.0. The van der Waals surface area contributed by atoms with Crippen LogP contribution in [0.3, 0.4) is 0 Å². The molecule has 0 saturated heterocycles. The fraction of sp³-hybridized carbons (Fsp3) is 0.250. The number of thiophene rings is 1. The van der Waals surface area contributed by atoms with Crippen LogP contribution in [-0.2, 0) is 11.2 Å². The van der Waals surface area contributed by atoms with Gasteiger partial charge in [-0.05, 0) is 46.9 Å². The Morgan fingerprint density at radius 3 is 3.05 bits per heavy atom. The summed E-state index contributed by atoms with van der Waals surface area (Å²) in [5.41, 5.74) is 4.41. The Morgan fingerprint density at radius 2 is 2.30 bits per heavy atom. The first-order valence-corrected chi connectivity index (χ1v) is 7.39. The van der Waals surface area contributed by atoms with Crippen molar-refractivity contribution in [2.24, 2.45) is 0 Å². The van der Waals surface area contributed by atoms with Gasteiger partial charge in [0.1, 0.15) is 10.9 Å². The van der Waals surface area contributed by atoms with E-state index >= 15 is 0 Å². The zero-order valence-electron chi connectivity index (χ0n) is 10.8. The third-order valence-electron chi connectivity index (χ3n) is 3.84. The van der Waals surface area contributed by atoms with Gasteiger partial charge >= 0.3 is 5.97 Å². The summed E-state index contributed by atoms with van der Waals surface area (Å²) in [7, 11) is 0. The molecule has 2 aromatic rings. The van der Waals surface area contributed by atoms with Gasteiger partial charge in [0.15, 0.2) is 0 Å². The van der Waals surface area contributed by atoms with Gasteiger partial charge < -0.3 is 5.11 Å². The topological polar surface area (TPSA) is 61.1 Å². The molecule has 100 valence electrons. The second kappa shape index (κ2) is 5.10. The zero-order chi connectivity index (χ0) is 14.1. The summed E-state index contributed by atoms with van der Waals surface area (Å²) in [6.45, 7) is 0. The molecule has 0 saturated carbocycles. The van der Waals surface area contributed by atoms with Crippen molar-refractivity contribution in [1.29, 1.82) is 5.26 Å². The molecule has 1 heterocycles. The van der Waals surface area contributed by atoms with Crippen molar-refractivity contribution in [3.05, 3.63) is 45.6 Å². The van der Waals surface area contributed by atoms with E-state index in [1.807, 2.05) is 23.6 Å². The molecule has 3 nitrogen and oxygen atoms in total. The number of carboxylic acids is 1. The summed E-state index contributed by atoms with van der Waals surface area (Å²) in [6.07, 6.45) is 2.03. The molecular formula is C16H13NO2S. The lowest BCUT2D eigenvalue weighted by Gasteiger charge is -2.09. The van der Waals surface area contributed by atoms with E-state index in [2.05, 4.69) is 12.1 Å². The second-order valence-electron chi connectivity index (χ2n) is 5.02. The van der Waals surface area contributed by atoms with Gasteiger partial charge in [0.05, 0.1) is 6.42 Å². The highest BCUT2D eigenvalue weighted by atomic mass is 32.1. The van der Waals surface area contributed by atoms with Crippen molar-refractivity contribution in [3.8, 4) is 17.2 Å². The van der Waals surface area contributed by atoms with E-state index in [1.54, 1.807) is 0 Å².